The average molecular weight is 258 g/mol. The molecule has 0 saturated heterocycles. The van der Waals surface area contributed by atoms with Crippen LogP contribution in [0.4, 0.5) is 0 Å². The van der Waals surface area contributed by atoms with Crippen LogP contribution in [0.5, 0.6) is 0 Å². The van der Waals surface area contributed by atoms with Crippen LogP contribution in [0.15, 0.2) is 0 Å². The van der Waals surface area contributed by atoms with Gasteiger partial charge in [0.25, 0.3) is 0 Å². The van der Waals surface area contributed by atoms with Crippen LogP contribution in [-0.4, -0.2) is 23.7 Å². The molecule has 0 saturated carbocycles. The van der Waals surface area contributed by atoms with Crippen LogP contribution >= 0.6 is 0 Å². The molecule has 0 spiro atoms. The second kappa shape index (κ2) is 11.1. The zero-order valence-electron chi connectivity index (χ0n) is 11.6. The van der Waals surface area contributed by atoms with Crippen LogP contribution in [0, 0.1) is 5.92 Å². The highest BCUT2D eigenvalue weighted by Crippen LogP contribution is 2.16. The van der Waals surface area contributed by atoms with Crippen molar-refractivity contribution in [3.05, 3.63) is 0 Å². The van der Waals surface area contributed by atoms with Crippen LogP contribution in [0.2, 0.25) is 0 Å². The molecule has 4 heteroatoms. The number of esters is 1. The summed E-state index contributed by atoms with van der Waals surface area (Å²) >= 11 is 0. The lowest BCUT2D eigenvalue weighted by molar-refractivity contribution is -0.145. The number of carbonyl (C=O) groups is 2. The van der Waals surface area contributed by atoms with Crippen molar-refractivity contribution in [2.24, 2.45) is 5.92 Å². The van der Waals surface area contributed by atoms with Gasteiger partial charge in [-0.3, -0.25) is 9.59 Å². The van der Waals surface area contributed by atoms with Crippen LogP contribution in [0.25, 0.3) is 0 Å². The van der Waals surface area contributed by atoms with E-state index >= 15 is 0 Å². The number of carbonyl (C=O) groups excluding carboxylic acids is 1. The van der Waals surface area contributed by atoms with E-state index in [1.165, 1.54) is 12.8 Å². The van der Waals surface area contributed by atoms with E-state index < -0.39 is 5.97 Å². The Bertz CT molecular complexity index is 238. The molecule has 0 fully saturated rings. The second-order valence-corrected chi connectivity index (χ2v) is 4.69. The molecule has 0 rings (SSSR count). The van der Waals surface area contributed by atoms with Gasteiger partial charge in [-0.05, 0) is 18.8 Å². The van der Waals surface area contributed by atoms with Gasteiger partial charge < -0.3 is 9.84 Å². The van der Waals surface area contributed by atoms with Crippen molar-refractivity contribution in [1.29, 1.82) is 0 Å². The molecule has 0 aromatic rings. The molecular weight excluding hydrogens is 232 g/mol. The summed E-state index contributed by atoms with van der Waals surface area (Å²) in [6.45, 7) is 4.61. The van der Waals surface area contributed by atoms with E-state index in [4.69, 9.17) is 9.84 Å². The lowest BCUT2D eigenvalue weighted by atomic mass is 9.97. The molecule has 0 radical (unpaired) electrons. The number of hydrogen-bond donors (Lipinski definition) is 1. The van der Waals surface area contributed by atoms with Gasteiger partial charge in [0.2, 0.25) is 0 Å². The molecule has 4 nitrogen and oxygen atoms in total. The summed E-state index contributed by atoms with van der Waals surface area (Å²) in [5.74, 6) is -0.866. The zero-order chi connectivity index (χ0) is 13.8. The van der Waals surface area contributed by atoms with Crippen LogP contribution in [-0.2, 0) is 14.3 Å². The second-order valence-electron chi connectivity index (χ2n) is 4.69. The fourth-order valence-electron chi connectivity index (χ4n) is 1.79. The Labute approximate surface area is 110 Å². The minimum Gasteiger partial charge on any atom is -0.481 e. The van der Waals surface area contributed by atoms with Gasteiger partial charge in [0.15, 0.2) is 0 Å². The molecule has 0 aromatic heterocycles. The fourth-order valence-corrected chi connectivity index (χ4v) is 1.79. The summed E-state index contributed by atoms with van der Waals surface area (Å²) in [4.78, 5) is 22.0. The zero-order valence-corrected chi connectivity index (χ0v) is 11.6. The van der Waals surface area contributed by atoms with Crippen molar-refractivity contribution in [2.45, 2.75) is 65.2 Å². The highest BCUT2D eigenvalue weighted by atomic mass is 16.5. The van der Waals surface area contributed by atoms with Gasteiger partial charge in [0.05, 0.1) is 6.61 Å². The molecule has 0 aliphatic rings. The molecule has 106 valence electrons. The summed E-state index contributed by atoms with van der Waals surface area (Å²) in [5, 5.41) is 8.60. The number of aliphatic carboxylic acids is 1. The summed E-state index contributed by atoms with van der Waals surface area (Å²) in [7, 11) is 0. The number of carboxylic acids is 1. The first-order valence-corrected chi connectivity index (χ1v) is 6.97. The normalized spacial score (nSPS) is 12.1. The Morgan fingerprint density at radius 2 is 1.89 bits per heavy atom. The predicted octanol–water partition coefficient (Wildman–Crippen LogP) is 3.39. The monoisotopic (exact) mass is 258 g/mol. The van der Waals surface area contributed by atoms with Gasteiger partial charge in [-0.1, -0.05) is 39.5 Å². The molecule has 1 atom stereocenters. The summed E-state index contributed by atoms with van der Waals surface area (Å²) in [6, 6.07) is 0. The Morgan fingerprint density at radius 3 is 2.44 bits per heavy atom. The molecule has 0 bridgehead atoms. The molecule has 1 N–H and O–H groups in total. The smallest absolute Gasteiger partial charge is 0.306 e. The van der Waals surface area contributed by atoms with Gasteiger partial charge in [-0.25, -0.2) is 0 Å². The van der Waals surface area contributed by atoms with E-state index in [-0.39, 0.29) is 18.3 Å². The standard InChI is InChI=1S/C14H26O4/c1-3-5-6-7-10-18-14(17)11-12(4-2)8-9-13(15)16/h12H,3-11H2,1-2H3,(H,15,16). The predicted molar refractivity (Wildman–Crippen MR) is 70.4 cm³/mol. The van der Waals surface area contributed by atoms with E-state index in [0.717, 1.165) is 19.3 Å². The summed E-state index contributed by atoms with van der Waals surface area (Å²) in [5.41, 5.74) is 0. The maximum Gasteiger partial charge on any atom is 0.306 e. The quantitative estimate of drug-likeness (QED) is 0.456. The van der Waals surface area contributed by atoms with Gasteiger partial charge >= 0.3 is 11.9 Å². The van der Waals surface area contributed by atoms with E-state index in [0.29, 0.717) is 19.4 Å². The highest BCUT2D eigenvalue weighted by Gasteiger charge is 2.14. The maximum absolute atomic E-state index is 11.5. The Morgan fingerprint density at radius 1 is 1.17 bits per heavy atom. The molecule has 0 aliphatic carbocycles. The Hall–Kier alpha value is -1.06. The van der Waals surface area contributed by atoms with E-state index in [9.17, 15) is 9.59 Å². The van der Waals surface area contributed by atoms with Crippen molar-refractivity contribution >= 4 is 11.9 Å². The minimum atomic E-state index is -0.804. The highest BCUT2D eigenvalue weighted by molar-refractivity contribution is 5.70. The lowest BCUT2D eigenvalue weighted by Gasteiger charge is -2.12. The number of hydrogen-bond acceptors (Lipinski definition) is 3. The first-order valence-electron chi connectivity index (χ1n) is 6.97. The van der Waals surface area contributed by atoms with Crippen LogP contribution in [0.1, 0.15) is 65.2 Å². The van der Waals surface area contributed by atoms with Crippen molar-refractivity contribution < 1.29 is 19.4 Å². The van der Waals surface area contributed by atoms with Crippen molar-refractivity contribution in [1.82, 2.24) is 0 Å². The SMILES string of the molecule is CCCCCCOC(=O)CC(CC)CCC(=O)O. The Balaban J connectivity index is 3.66. The summed E-state index contributed by atoms with van der Waals surface area (Å²) in [6.07, 6.45) is 6.20. The first-order chi connectivity index (χ1) is 8.60. The third-order valence-corrected chi connectivity index (χ3v) is 3.06. The number of carboxylic acid groups (broad SMARTS) is 1. The molecule has 0 amide bonds. The minimum absolute atomic E-state index is 0.127. The summed E-state index contributed by atoms with van der Waals surface area (Å²) < 4.78 is 5.14. The molecule has 18 heavy (non-hydrogen) atoms. The molecule has 0 heterocycles. The largest absolute Gasteiger partial charge is 0.481 e. The number of unbranched alkanes of at least 4 members (excludes halogenated alkanes) is 3. The van der Waals surface area contributed by atoms with Crippen LogP contribution in [0.3, 0.4) is 0 Å². The molecule has 1 unspecified atom stereocenters. The van der Waals surface area contributed by atoms with E-state index in [1.54, 1.807) is 0 Å². The third kappa shape index (κ3) is 10.1. The lowest BCUT2D eigenvalue weighted by Crippen LogP contribution is -2.13. The fraction of sp³-hybridized carbons (Fsp3) is 0.857. The number of ether oxygens (including phenoxy) is 1. The molecular formula is C14H26O4. The molecule has 0 aromatic carbocycles. The van der Waals surface area contributed by atoms with Crippen molar-refractivity contribution in [3.63, 3.8) is 0 Å². The number of rotatable bonds is 11. The Kier molecular flexibility index (Phi) is 10.4. The van der Waals surface area contributed by atoms with E-state index in [2.05, 4.69) is 6.92 Å². The average Bonchev–Trinajstić information content (AvgIpc) is 2.34. The van der Waals surface area contributed by atoms with Crippen LogP contribution < -0.4 is 0 Å². The van der Waals surface area contributed by atoms with Gasteiger partial charge in [-0.15, -0.1) is 0 Å². The van der Waals surface area contributed by atoms with Crippen molar-refractivity contribution in [3.8, 4) is 0 Å². The van der Waals surface area contributed by atoms with E-state index in [1.807, 2.05) is 6.92 Å². The van der Waals surface area contributed by atoms with Gasteiger partial charge in [0, 0.05) is 12.8 Å². The molecule has 0 aliphatic heterocycles. The van der Waals surface area contributed by atoms with Gasteiger partial charge in [-0.2, -0.15) is 0 Å². The van der Waals surface area contributed by atoms with Gasteiger partial charge in [0.1, 0.15) is 0 Å². The van der Waals surface area contributed by atoms with Crippen molar-refractivity contribution in [2.75, 3.05) is 6.61 Å². The first kappa shape index (κ1) is 16.9. The third-order valence-electron chi connectivity index (χ3n) is 3.06. The maximum atomic E-state index is 11.5. The topological polar surface area (TPSA) is 63.6 Å².